The highest BCUT2D eigenvalue weighted by atomic mass is 35.5. The Kier molecular flexibility index (Phi) is 6.57. The van der Waals surface area contributed by atoms with Crippen LogP contribution in [0, 0.1) is 0 Å². The van der Waals surface area contributed by atoms with Gasteiger partial charge in [0.25, 0.3) is 0 Å². The number of aromatic nitrogens is 2. The SMILES string of the molecule is CCOC(=O)CCC(=O)OC(C)c1cc(Cl)c2[nH]ncc2c1OC(C)=O. The quantitative estimate of drug-likeness (QED) is 0.579. The number of nitrogens with one attached hydrogen (secondary N) is 1. The molecular weight excluding hydrogens is 364 g/mol. The molecule has 26 heavy (non-hydrogen) atoms. The molecular formula is C17H19ClN2O6. The Labute approximate surface area is 154 Å². The molecule has 0 aliphatic heterocycles. The minimum atomic E-state index is -0.754. The number of esters is 3. The third-order valence-corrected chi connectivity index (χ3v) is 3.80. The van der Waals surface area contributed by atoms with Gasteiger partial charge in [0.05, 0.1) is 41.6 Å². The van der Waals surface area contributed by atoms with Gasteiger partial charge in [-0.3, -0.25) is 19.5 Å². The van der Waals surface area contributed by atoms with Crippen LogP contribution < -0.4 is 4.74 Å². The van der Waals surface area contributed by atoms with E-state index in [0.29, 0.717) is 21.5 Å². The van der Waals surface area contributed by atoms with Crippen LogP contribution in [0.4, 0.5) is 0 Å². The van der Waals surface area contributed by atoms with Crippen LogP contribution in [0.15, 0.2) is 12.3 Å². The van der Waals surface area contributed by atoms with Gasteiger partial charge in [0.15, 0.2) is 0 Å². The number of carbonyl (C=O) groups is 3. The average molecular weight is 383 g/mol. The van der Waals surface area contributed by atoms with Crippen molar-refractivity contribution in [2.45, 2.75) is 39.7 Å². The molecule has 1 aromatic heterocycles. The van der Waals surface area contributed by atoms with Crippen molar-refractivity contribution in [3.8, 4) is 5.75 Å². The summed E-state index contributed by atoms with van der Waals surface area (Å²) in [5.41, 5.74) is 0.927. The number of fused-ring (bicyclic) bond motifs is 1. The lowest BCUT2D eigenvalue weighted by Gasteiger charge is -2.18. The molecule has 0 radical (unpaired) electrons. The molecule has 8 nitrogen and oxygen atoms in total. The molecule has 1 unspecified atom stereocenters. The number of hydrogen-bond donors (Lipinski definition) is 1. The van der Waals surface area contributed by atoms with E-state index in [-0.39, 0.29) is 25.2 Å². The number of halogens is 1. The highest BCUT2D eigenvalue weighted by molar-refractivity contribution is 6.35. The summed E-state index contributed by atoms with van der Waals surface area (Å²) >= 11 is 6.22. The third kappa shape index (κ3) is 4.72. The standard InChI is InChI=1S/C17H19ClN2O6/c1-4-24-14(22)5-6-15(23)25-9(2)11-7-13(18)16-12(8-19-20-16)17(11)26-10(3)21/h7-9H,4-6H2,1-3H3,(H,19,20). The number of benzene rings is 1. The van der Waals surface area contributed by atoms with Crippen LogP contribution in [0.3, 0.4) is 0 Å². The van der Waals surface area contributed by atoms with Gasteiger partial charge < -0.3 is 14.2 Å². The molecule has 0 bridgehead atoms. The van der Waals surface area contributed by atoms with E-state index in [9.17, 15) is 14.4 Å². The average Bonchev–Trinajstić information content (AvgIpc) is 3.05. The molecule has 140 valence electrons. The first-order valence-corrected chi connectivity index (χ1v) is 8.40. The van der Waals surface area contributed by atoms with E-state index < -0.39 is 24.0 Å². The summed E-state index contributed by atoms with van der Waals surface area (Å²) in [4.78, 5) is 34.8. The molecule has 1 atom stereocenters. The lowest BCUT2D eigenvalue weighted by atomic mass is 10.1. The Bertz CT molecular complexity index is 832. The molecule has 2 rings (SSSR count). The van der Waals surface area contributed by atoms with Crippen LogP contribution in [0.1, 0.15) is 45.3 Å². The molecule has 0 spiro atoms. The molecule has 1 heterocycles. The van der Waals surface area contributed by atoms with Crippen LogP contribution >= 0.6 is 11.6 Å². The van der Waals surface area contributed by atoms with Crippen LogP contribution in [0.2, 0.25) is 5.02 Å². The second-order valence-corrected chi connectivity index (χ2v) is 5.87. The van der Waals surface area contributed by atoms with Crippen molar-refractivity contribution in [3.63, 3.8) is 0 Å². The summed E-state index contributed by atoms with van der Waals surface area (Å²) in [6.45, 7) is 4.82. The Morgan fingerprint density at radius 2 is 1.96 bits per heavy atom. The monoisotopic (exact) mass is 382 g/mol. The Morgan fingerprint density at radius 3 is 2.62 bits per heavy atom. The van der Waals surface area contributed by atoms with E-state index in [4.69, 9.17) is 25.8 Å². The van der Waals surface area contributed by atoms with Gasteiger partial charge in [0.1, 0.15) is 11.9 Å². The second-order valence-electron chi connectivity index (χ2n) is 5.47. The fourth-order valence-corrected chi connectivity index (χ4v) is 2.65. The zero-order valence-corrected chi connectivity index (χ0v) is 15.4. The molecule has 0 saturated heterocycles. The molecule has 0 amide bonds. The lowest BCUT2D eigenvalue weighted by Crippen LogP contribution is -2.14. The highest BCUT2D eigenvalue weighted by Crippen LogP contribution is 2.38. The maximum Gasteiger partial charge on any atom is 0.308 e. The van der Waals surface area contributed by atoms with E-state index >= 15 is 0 Å². The smallest absolute Gasteiger partial charge is 0.308 e. The second kappa shape index (κ2) is 8.66. The van der Waals surface area contributed by atoms with Gasteiger partial charge in [-0.15, -0.1) is 0 Å². The number of hydrogen-bond acceptors (Lipinski definition) is 7. The minimum Gasteiger partial charge on any atom is -0.466 e. The number of nitrogens with zero attached hydrogens (tertiary/aromatic N) is 1. The van der Waals surface area contributed by atoms with Crippen LogP contribution in [-0.4, -0.2) is 34.7 Å². The van der Waals surface area contributed by atoms with Crippen molar-refractivity contribution < 1.29 is 28.6 Å². The Balaban J connectivity index is 2.20. The number of H-pyrrole nitrogens is 1. The first kappa shape index (κ1) is 19.7. The maximum absolute atomic E-state index is 12.0. The molecule has 1 aromatic carbocycles. The van der Waals surface area contributed by atoms with Gasteiger partial charge in [-0.1, -0.05) is 11.6 Å². The van der Waals surface area contributed by atoms with Gasteiger partial charge in [-0.2, -0.15) is 5.10 Å². The van der Waals surface area contributed by atoms with Crippen molar-refractivity contribution in [1.29, 1.82) is 0 Å². The summed E-state index contributed by atoms with van der Waals surface area (Å²) in [5, 5.41) is 7.46. The van der Waals surface area contributed by atoms with Gasteiger partial charge in [0, 0.05) is 12.5 Å². The van der Waals surface area contributed by atoms with E-state index in [1.54, 1.807) is 19.9 Å². The number of rotatable bonds is 7. The zero-order chi connectivity index (χ0) is 19.3. The van der Waals surface area contributed by atoms with Gasteiger partial charge in [-0.05, 0) is 19.9 Å². The normalized spacial score (nSPS) is 11.8. The predicted octanol–water partition coefficient (Wildman–Crippen LogP) is 3.09. The zero-order valence-electron chi connectivity index (χ0n) is 14.6. The fraction of sp³-hybridized carbons (Fsp3) is 0.412. The van der Waals surface area contributed by atoms with E-state index in [1.807, 2.05) is 0 Å². The lowest BCUT2D eigenvalue weighted by molar-refractivity contribution is -0.153. The van der Waals surface area contributed by atoms with Crippen molar-refractivity contribution in [1.82, 2.24) is 10.2 Å². The first-order chi connectivity index (χ1) is 12.3. The summed E-state index contributed by atoms with van der Waals surface area (Å²) < 4.78 is 15.4. The predicted molar refractivity (Wildman–Crippen MR) is 92.8 cm³/mol. The summed E-state index contributed by atoms with van der Waals surface area (Å²) in [6, 6.07) is 1.55. The van der Waals surface area contributed by atoms with Gasteiger partial charge in [-0.25, -0.2) is 0 Å². The highest BCUT2D eigenvalue weighted by Gasteiger charge is 2.23. The molecule has 9 heteroatoms. The third-order valence-electron chi connectivity index (χ3n) is 3.50. The summed E-state index contributed by atoms with van der Waals surface area (Å²) in [7, 11) is 0. The topological polar surface area (TPSA) is 108 Å². The largest absolute Gasteiger partial charge is 0.466 e. The number of aromatic amines is 1. The number of ether oxygens (including phenoxy) is 3. The summed E-state index contributed by atoms with van der Waals surface area (Å²) in [5.74, 6) is -1.36. The maximum atomic E-state index is 12.0. The molecule has 0 saturated carbocycles. The van der Waals surface area contributed by atoms with Crippen molar-refractivity contribution >= 4 is 40.4 Å². The van der Waals surface area contributed by atoms with E-state index in [2.05, 4.69) is 10.2 Å². The fourth-order valence-electron chi connectivity index (χ4n) is 2.39. The van der Waals surface area contributed by atoms with Crippen LogP contribution in [0.25, 0.3) is 10.9 Å². The van der Waals surface area contributed by atoms with Crippen molar-refractivity contribution in [2.24, 2.45) is 0 Å². The summed E-state index contributed by atoms with van der Waals surface area (Å²) in [6.07, 6.45) is 0.528. The number of carbonyl (C=O) groups excluding carboxylic acids is 3. The molecule has 2 aromatic rings. The molecule has 0 aliphatic rings. The van der Waals surface area contributed by atoms with Crippen molar-refractivity contribution in [2.75, 3.05) is 6.61 Å². The first-order valence-electron chi connectivity index (χ1n) is 8.02. The van der Waals surface area contributed by atoms with Crippen LogP contribution in [0.5, 0.6) is 5.75 Å². The Hall–Kier alpha value is -2.61. The van der Waals surface area contributed by atoms with Crippen LogP contribution in [-0.2, 0) is 23.9 Å². The van der Waals surface area contributed by atoms with Crippen molar-refractivity contribution in [3.05, 3.63) is 22.8 Å². The Morgan fingerprint density at radius 1 is 1.27 bits per heavy atom. The van der Waals surface area contributed by atoms with Gasteiger partial charge >= 0.3 is 17.9 Å². The van der Waals surface area contributed by atoms with E-state index in [0.717, 1.165) is 0 Å². The molecule has 0 aliphatic carbocycles. The van der Waals surface area contributed by atoms with E-state index in [1.165, 1.54) is 13.1 Å². The molecule has 0 fully saturated rings. The minimum absolute atomic E-state index is 0.0717. The van der Waals surface area contributed by atoms with Gasteiger partial charge in [0.2, 0.25) is 0 Å². The molecule has 1 N–H and O–H groups in total.